The Labute approximate surface area is 63.2 Å². The van der Waals surface area contributed by atoms with Crippen molar-refractivity contribution in [2.75, 3.05) is 20.1 Å². The van der Waals surface area contributed by atoms with Gasteiger partial charge in [-0.2, -0.15) is 13.2 Å². The number of likely N-dealkylation sites (N-methyl/N-ethyl adjacent to an activating group) is 1. The largest absolute Gasteiger partial charge is 0.407 e. The molecule has 0 aliphatic carbocycles. The first kappa shape index (κ1) is 8.80. The number of halogens is 3. The molecule has 0 aromatic rings. The normalized spacial score (nSPS) is 34.6. The number of nitrogens with zero attached hydrogens (tertiary/aromatic N) is 1. The van der Waals surface area contributed by atoms with Crippen LogP contribution in [0.25, 0.3) is 0 Å². The van der Waals surface area contributed by atoms with E-state index >= 15 is 0 Å². The highest BCUT2D eigenvalue weighted by Gasteiger charge is 2.54. The van der Waals surface area contributed by atoms with Crippen molar-refractivity contribution in [1.29, 1.82) is 0 Å². The van der Waals surface area contributed by atoms with Crippen molar-refractivity contribution in [3.05, 3.63) is 0 Å². The van der Waals surface area contributed by atoms with Crippen LogP contribution in [0.4, 0.5) is 13.2 Å². The minimum atomic E-state index is -4.27. The van der Waals surface area contributed by atoms with Crippen molar-refractivity contribution in [2.45, 2.75) is 18.1 Å². The van der Waals surface area contributed by atoms with Gasteiger partial charge >= 0.3 is 6.18 Å². The standard InChI is InChI=1S/C6H11F3N2/c1-11-3-2-5(10,4-11)6(7,8)9/h2-4,10H2,1H3. The predicted octanol–water partition coefficient (Wildman–Crippen LogP) is 0.582. The minimum absolute atomic E-state index is 0.00694. The van der Waals surface area contributed by atoms with E-state index in [4.69, 9.17) is 5.73 Å². The second-order valence-corrected chi connectivity index (χ2v) is 3.14. The Hall–Kier alpha value is -0.290. The Morgan fingerprint density at radius 1 is 1.45 bits per heavy atom. The molecule has 0 saturated carbocycles. The highest BCUT2D eigenvalue weighted by atomic mass is 19.4. The van der Waals surface area contributed by atoms with E-state index in [1.54, 1.807) is 11.9 Å². The Morgan fingerprint density at radius 2 is 2.00 bits per heavy atom. The molecular weight excluding hydrogens is 157 g/mol. The van der Waals surface area contributed by atoms with Gasteiger partial charge in [0.25, 0.3) is 0 Å². The number of hydrogen-bond acceptors (Lipinski definition) is 2. The molecule has 2 nitrogen and oxygen atoms in total. The van der Waals surface area contributed by atoms with Gasteiger partial charge in [-0.05, 0) is 13.5 Å². The van der Waals surface area contributed by atoms with Crippen LogP contribution in [0.2, 0.25) is 0 Å². The first-order valence-electron chi connectivity index (χ1n) is 3.39. The van der Waals surface area contributed by atoms with Gasteiger partial charge in [-0.15, -0.1) is 0 Å². The zero-order valence-corrected chi connectivity index (χ0v) is 6.28. The Kier molecular flexibility index (Phi) is 1.88. The second kappa shape index (κ2) is 2.35. The smallest absolute Gasteiger partial charge is 0.317 e. The molecule has 11 heavy (non-hydrogen) atoms. The van der Waals surface area contributed by atoms with Crippen molar-refractivity contribution in [2.24, 2.45) is 5.73 Å². The molecule has 0 bridgehead atoms. The molecule has 0 radical (unpaired) electrons. The molecule has 1 fully saturated rings. The topological polar surface area (TPSA) is 29.3 Å². The molecule has 1 rings (SSSR count). The monoisotopic (exact) mass is 168 g/mol. The highest BCUT2D eigenvalue weighted by molar-refractivity contribution is 4.99. The van der Waals surface area contributed by atoms with Crippen molar-refractivity contribution in [3.63, 3.8) is 0 Å². The van der Waals surface area contributed by atoms with Crippen molar-refractivity contribution < 1.29 is 13.2 Å². The quantitative estimate of drug-likeness (QED) is 0.573. The van der Waals surface area contributed by atoms with E-state index < -0.39 is 11.7 Å². The number of nitrogens with two attached hydrogens (primary N) is 1. The zero-order valence-electron chi connectivity index (χ0n) is 6.28. The van der Waals surface area contributed by atoms with Crippen LogP contribution < -0.4 is 5.73 Å². The lowest BCUT2D eigenvalue weighted by Gasteiger charge is -2.26. The molecule has 0 amide bonds. The molecular formula is C6H11F3N2. The fraction of sp³-hybridized carbons (Fsp3) is 1.00. The van der Waals surface area contributed by atoms with E-state index in [0.29, 0.717) is 6.54 Å². The Bertz CT molecular complexity index is 156. The molecule has 1 heterocycles. The van der Waals surface area contributed by atoms with Gasteiger partial charge in [0.2, 0.25) is 0 Å². The molecule has 1 unspecified atom stereocenters. The van der Waals surface area contributed by atoms with Gasteiger partial charge in [0.15, 0.2) is 0 Å². The van der Waals surface area contributed by atoms with Crippen molar-refractivity contribution in [1.82, 2.24) is 4.90 Å². The van der Waals surface area contributed by atoms with Crippen LogP contribution >= 0.6 is 0 Å². The molecule has 1 atom stereocenters. The second-order valence-electron chi connectivity index (χ2n) is 3.14. The maximum atomic E-state index is 12.2. The lowest BCUT2D eigenvalue weighted by atomic mass is 10.00. The van der Waals surface area contributed by atoms with E-state index in [0.717, 1.165) is 0 Å². The first-order chi connectivity index (χ1) is 4.85. The van der Waals surface area contributed by atoms with Crippen LogP contribution in [0.3, 0.4) is 0 Å². The maximum Gasteiger partial charge on any atom is 0.407 e. The third-order valence-corrected chi connectivity index (χ3v) is 2.06. The van der Waals surface area contributed by atoms with Crippen LogP contribution in [0.15, 0.2) is 0 Å². The van der Waals surface area contributed by atoms with Gasteiger partial charge in [-0.1, -0.05) is 0 Å². The first-order valence-corrected chi connectivity index (χ1v) is 3.39. The van der Waals surface area contributed by atoms with Crippen LogP contribution in [-0.4, -0.2) is 36.8 Å². The third kappa shape index (κ3) is 1.49. The Balaban J connectivity index is 2.69. The molecule has 1 aliphatic rings. The van der Waals surface area contributed by atoms with E-state index in [1.165, 1.54) is 0 Å². The summed E-state index contributed by atoms with van der Waals surface area (Å²) in [5.41, 5.74) is 3.19. The highest BCUT2D eigenvalue weighted by Crippen LogP contribution is 2.34. The summed E-state index contributed by atoms with van der Waals surface area (Å²) < 4.78 is 36.5. The molecule has 0 aromatic heterocycles. The van der Waals surface area contributed by atoms with Crippen LogP contribution in [-0.2, 0) is 0 Å². The maximum absolute atomic E-state index is 12.2. The van der Waals surface area contributed by atoms with E-state index in [-0.39, 0.29) is 13.0 Å². The van der Waals surface area contributed by atoms with Gasteiger partial charge in [-0.3, -0.25) is 0 Å². The summed E-state index contributed by atoms with van der Waals surface area (Å²) in [6.07, 6.45) is -4.26. The summed E-state index contributed by atoms with van der Waals surface area (Å²) in [5.74, 6) is 0. The summed E-state index contributed by atoms with van der Waals surface area (Å²) in [5, 5.41) is 0. The minimum Gasteiger partial charge on any atom is -0.317 e. The van der Waals surface area contributed by atoms with Crippen molar-refractivity contribution in [3.8, 4) is 0 Å². The molecule has 2 N–H and O–H groups in total. The fourth-order valence-electron chi connectivity index (χ4n) is 1.26. The number of likely N-dealkylation sites (tertiary alicyclic amines) is 1. The molecule has 66 valence electrons. The number of rotatable bonds is 0. The van der Waals surface area contributed by atoms with Gasteiger partial charge in [0.05, 0.1) is 0 Å². The van der Waals surface area contributed by atoms with Gasteiger partial charge < -0.3 is 10.6 Å². The lowest BCUT2D eigenvalue weighted by Crippen LogP contribution is -2.54. The number of alkyl halides is 3. The zero-order chi connectivity index (χ0) is 8.70. The van der Waals surface area contributed by atoms with Gasteiger partial charge in [0, 0.05) is 13.1 Å². The molecule has 1 aliphatic heterocycles. The van der Waals surface area contributed by atoms with Crippen LogP contribution in [0, 0.1) is 0 Å². The average molecular weight is 168 g/mol. The van der Waals surface area contributed by atoms with E-state index in [9.17, 15) is 13.2 Å². The third-order valence-electron chi connectivity index (χ3n) is 2.06. The predicted molar refractivity (Wildman–Crippen MR) is 35.1 cm³/mol. The van der Waals surface area contributed by atoms with Crippen LogP contribution in [0.1, 0.15) is 6.42 Å². The summed E-state index contributed by atoms with van der Waals surface area (Å²) >= 11 is 0. The van der Waals surface area contributed by atoms with Crippen molar-refractivity contribution >= 4 is 0 Å². The van der Waals surface area contributed by atoms with Gasteiger partial charge in [-0.25, -0.2) is 0 Å². The van der Waals surface area contributed by atoms with E-state index in [1.807, 2.05) is 0 Å². The van der Waals surface area contributed by atoms with Crippen LogP contribution in [0.5, 0.6) is 0 Å². The summed E-state index contributed by atoms with van der Waals surface area (Å²) in [6, 6.07) is 0. The molecule has 0 spiro atoms. The molecule has 5 heteroatoms. The van der Waals surface area contributed by atoms with Gasteiger partial charge in [0.1, 0.15) is 5.54 Å². The SMILES string of the molecule is CN1CCC(N)(C(F)(F)F)C1. The summed E-state index contributed by atoms with van der Waals surface area (Å²) in [6.45, 7) is 0.340. The Morgan fingerprint density at radius 3 is 2.18 bits per heavy atom. The molecule has 0 aromatic carbocycles. The number of hydrogen-bond donors (Lipinski definition) is 1. The summed E-state index contributed by atoms with van der Waals surface area (Å²) in [4.78, 5) is 1.59. The van der Waals surface area contributed by atoms with E-state index in [2.05, 4.69) is 0 Å². The summed E-state index contributed by atoms with van der Waals surface area (Å²) in [7, 11) is 1.64. The average Bonchev–Trinajstić information content (AvgIpc) is 2.10. The lowest BCUT2D eigenvalue weighted by molar-refractivity contribution is -0.181. The fourth-order valence-corrected chi connectivity index (χ4v) is 1.26. The molecule has 1 saturated heterocycles.